The van der Waals surface area contributed by atoms with E-state index in [1.807, 2.05) is 0 Å². The Balaban J connectivity index is 1.45. The van der Waals surface area contributed by atoms with E-state index in [0.29, 0.717) is 0 Å². The summed E-state index contributed by atoms with van der Waals surface area (Å²) in [6.07, 6.45) is -2.73. The molecular formula is C21H29N6O11P. The molecule has 0 spiro atoms. The minimum Gasteiger partial charge on any atom is -0.460 e. The number of phosphoric acid groups is 1. The van der Waals surface area contributed by atoms with E-state index in [0.717, 1.165) is 11.7 Å². The summed E-state index contributed by atoms with van der Waals surface area (Å²) in [5.41, 5.74) is 9.71. The van der Waals surface area contributed by atoms with Crippen LogP contribution in [-0.4, -0.2) is 74.9 Å². The van der Waals surface area contributed by atoms with Gasteiger partial charge in [-0.1, -0.05) is 0 Å². The first-order chi connectivity index (χ1) is 18.5. The molecular weight excluding hydrogens is 543 g/mol. The quantitative estimate of drug-likeness (QED) is 0.236. The Kier molecular flexibility index (Phi) is 8.80. The van der Waals surface area contributed by atoms with E-state index in [-0.39, 0.29) is 24.5 Å². The lowest BCUT2D eigenvalue weighted by Gasteiger charge is -2.24. The van der Waals surface area contributed by atoms with Crippen LogP contribution in [0, 0.1) is 0 Å². The van der Waals surface area contributed by atoms with Crippen molar-refractivity contribution >= 4 is 25.4 Å². The number of anilines is 2. The molecule has 1 unspecified atom stereocenters. The van der Waals surface area contributed by atoms with Gasteiger partial charge in [-0.05, 0) is 12.1 Å². The average Bonchev–Trinajstić information content (AvgIpc) is 3.45. The van der Waals surface area contributed by atoms with Crippen LogP contribution < -0.4 is 22.8 Å². The summed E-state index contributed by atoms with van der Waals surface area (Å²) < 4.78 is 48.6. The first-order valence-electron chi connectivity index (χ1n) is 11.8. The highest BCUT2D eigenvalue weighted by Crippen LogP contribution is 2.53. The van der Waals surface area contributed by atoms with Gasteiger partial charge in [0.2, 0.25) is 0 Å². The van der Waals surface area contributed by atoms with E-state index in [1.54, 1.807) is 0 Å². The largest absolute Gasteiger partial charge is 0.474 e. The molecule has 4 heterocycles. The smallest absolute Gasteiger partial charge is 0.460 e. The number of nitrogens with two attached hydrogens (primary N) is 2. The number of hydrogen-bond donors (Lipinski definition) is 3. The highest BCUT2D eigenvalue weighted by atomic mass is 31.2. The van der Waals surface area contributed by atoms with Crippen molar-refractivity contribution in [3.63, 3.8) is 0 Å². The van der Waals surface area contributed by atoms with E-state index < -0.39 is 75.3 Å². The van der Waals surface area contributed by atoms with Gasteiger partial charge in [-0.2, -0.15) is 9.97 Å². The first-order valence-corrected chi connectivity index (χ1v) is 13.2. The summed E-state index contributed by atoms with van der Waals surface area (Å²) in [5, 5.41) is 9.77. The zero-order chi connectivity index (χ0) is 28.3. The molecule has 17 nitrogen and oxygen atoms in total. The molecule has 39 heavy (non-hydrogen) atoms. The minimum atomic E-state index is -4.29. The molecule has 0 saturated carbocycles. The molecule has 2 aliphatic rings. The van der Waals surface area contributed by atoms with Gasteiger partial charge in [0, 0.05) is 39.3 Å². The molecule has 0 bridgehead atoms. The lowest BCUT2D eigenvalue weighted by Crippen LogP contribution is -2.31. The number of rotatable bonds is 10. The van der Waals surface area contributed by atoms with Crippen molar-refractivity contribution in [2.75, 3.05) is 31.8 Å². The molecule has 0 aliphatic carbocycles. The second-order valence-corrected chi connectivity index (χ2v) is 10.4. The lowest BCUT2D eigenvalue weighted by molar-refractivity contribution is -0.150. The van der Waals surface area contributed by atoms with E-state index in [1.165, 1.54) is 36.0 Å². The third-order valence-electron chi connectivity index (χ3n) is 6.07. The number of esters is 1. The third kappa shape index (κ3) is 6.70. The number of nitrogen functional groups attached to an aromatic ring is 2. The van der Waals surface area contributed by atoms with E-state index in [9.17, 15) is 24.1 Å². The number of aliphatic hydroxyl groups excluding tert-OH is 1. The zero-order valence-electron chi connectivity index (χ0n) is 21.0. The summed E-state index contributed by atoms with van der Waals surface area (Å²) in [5.74, 6) is -0.546. The van der Waals surface area contributed by atoms with Crippen LogP contribution in [0.15, 0.2) is 34.1 Å². The van der Waals surface area contributed by atoms with Gasteiger partial charge in [0.1, 0.15) is 48.5 Å². The van der Waals surface area contributed by atoms with Gasteiger partial charge in [-0.15, -0.1) is 0 Å². The molecule has 4 rings (SSSR count). The maximum atomic E-state index is 13.3. The van der Waals surface area contributed by atoms with Gasteiger partial charge in [0.15, 0.2) is 0 Å². The number of carbonyl (C=O) groups is 1. The van der Waals surface area contributed by atoms with Crippen molar-refractivity contribution in [2.24, 2.45) is 0 Å². The lowest BCUT2D eigenvalue weighted by atomic mass is 10.2. The van der Waals surface area contributed by atoms with Crippen LogP contribution in [0.5, 0.6) is 0 Å². The Morgan fingerprint density at radius 2 is 1.59 bits per heavy atom. The Morgan fingerprint density at radius 3 is 2.08 bits per heavy atom. The third-order valence-corrected chi connectivity index (χ3v) is 7.51. The average molecular weight is 572 g/mol. The monoisotopic (exact) mass is 572 g/mol. The topological polar surface area (TPSA) is 232 Å². The fourth-order valence-corrected chi connectivity index (χ4v) is 5.39. The summed E-state index contributed by atoms with van der Waals surface area (Å²) in [4.78, 5) is 43.4. The van der Waals surface area contributed by atoms with Crippen molar-refractivity contribution in [3.8, 4) is 0 Å². The molecule has 5 N–H and O–H groups in total. The molecule has 2 aromatic heterocycles. The predicted molar refractivity (Wildman–Crippen MR) is 131 cm³/mol. The van der Waals surface area contributed by atoms with E-state index >= 15 is 0 Å². The Morgan fingerprint density at radius 1 is 1.05 bits per heavy atom. The minimum absolute atomic E-state index is 0.00142. The molecule has 214 valence electrons. The second kappa shape index (κ2) is 11.9. The van der Waals surface area contributed by atoms with Crippen molar-refractivity contribution in [3.05, 3.63) is 45.5 Å². The summed E-state index contributed by atoms with van der Waals surface area (Å²) >= 11 is 0. The molecule has 2 saturated heterocycles. The number of hydrogen-bond acceptors (Lipinski definition) is 15. The maximum Gasteiger partial charge on any atom is 0.474 e. The van der Waals surface area contributed by atoms with Crippen LogP contribution in [0.4, 0.5) is 11.6 Å². The molecule has 7 atom stereocenters. The number of aliphatic hydroxyl groups is 1. The number of ether oxygens (including phenoxy) is 3. The summed E-state index contributed by atoms with van der Waals surface area (Å²) in [7, 11) is -3.20. The van der Waals surface area contributed by atoms with Crippen LogP contribution in [0.1, 0.15) is 32.2 Å². The standard InChI is InChI=1S/C21H29N6O11P/c1-11(29)35-12-7-18(26-5-3-16(22)24-20(26)30)37-15(12)10-34-39(32,33-2)38-13-8-19(36-14(13)9-28)27-6-4-17(23)25-21(27)31/h3-6,12-15,18-19,28H,7-10H2,1-2H3,(H2,22,24,30)(H2,23,25,31)/t12-,13-,14+,15+,18+,19+,39?/m0/s1. The normalized spacial score (nSPS) is 28.3. The first kappa shape index (κ1) is 28.8. The summed E-state index contributed by atoms with van der Waals surface area (Å²) in [6, 6.07) is 2.81. The number of aromatic nitrogens is 4. The Hall–Kier alpha value is -3.18. The molecule has 2 aliphatic heterocycles. The fraction of sp³-hybridized carbons (Fsp3) is 0.571. The Bertz CT molecular complexity index is 1350. The fourth-order valence-electron chi connectivity index (χ4n) is 4.25. The van der Waals surface area contributed by atoms with E-state index in [4.69, 9.17) is 39.2 Å². The number of phosphoric ester groups is 1. The highest BCUT2D eigenvalue weighted by Gasteiger charge is 2.45. The Labute approximate surface area is 221 Å². The van der Waals surface area contributed by atoms with Crippen LogP contribution in [0.2, 0.25) is 0 Å². The van der Waals surface area contributed by atoms with Crippen LogP contribution >= 0.6 is 7.82 Å². The van der Waals surface area contributed by atoms with Crippen molar-refractivity contribution in [1.82, 2.24) is 19.1 Å². The molecule has 0 aromatic carbocycles. The van der Waals surface area contributed by atoms with Gasteiger partial charge in [0.25, 0.3) is 0 Å². The molecule has 2 aromatic rings. The molecule has 2 fully saturated rings. The van der Waals surface area contributed by atoms with Crippen molar-refractivity contribution in [2.45, 2.75) is 56.6 Å². The van der Waals surface area contributed by atoms with Gasteiger partial charge in [-0.3, -0.25) is 27.5 Å². The van der Waals surface area contributed by atoms with Crippen LogP contribution in [-0.2, 0) is 37.1 Å². The summed E-state index contributed by atoms with van der Waals surface area (Å²) in [6.45, 7) is 0.270. The highest BCUT2D eigenvalue weighted by molar-refractivity contribution is 7.48. The zero-order valence-corrected chi connectivity index (χ0v) is 21.9. The number of nitrogens with zero attached hydrogens (tertiary/aromatic N) is 4. The predicted octanol–water partition coefficient (Wildman–Crippen LogP) is -0.680. The molecule has 0 radical (unpaired) electrons. The molecule has 18 heteroatoms. The number of carbonyl (C=O) groups excluding carboxylic acids is 1. The van der Waals surface area contributed by atoms with Crippen molar-refractivity contribution in [1.29, 1.82) is 0 Å². The van der Waals surface area contributed by atoms with Gasteiger partial charge in [-0.25, -0.2) is 14.2 Å². The second-order valence-electron chi connectivity index (χ2n) is 8.71. The van der Waals surface area contributed by atoms with Crippen molar-refractivity contribution < 1.29 is 42.2 Å². The molecule has 0 amide bonds. The maximum absolute atomic E-state index is 13.3. The SMILES string of the molecule is COP(=O)(OC[C@H]1O[C@@H](n2ccc(N)nc2=O)C[C@@H]1OC(C)=O)O[C@H]1C[C@H](n2ccc(N)nc2=O)O[C@@H]1CO. The van der Waals surface area contributed by atoms with E-state index in [2.05, 4.69) is 9.97 Å². The van der Waals surface area contributed by atoms with Gasteiger partial charge < -0.3 is 30.8 Å². The van der Waals surface area contributed by atoms with Gasteiger partial charge >= 0.3 is 25.2 Å². The van der Waals surface area contributed by atoms with Gasteiger partial charge in [0.05, 0.1) is 13.2 Å². The van der Waals surface area contributed by atoms with Crippen LogP contribution in [0.25, 0.3) is 0 Å². The van der Waals surface area contributed by atoms with Crippen LogP contribution in [0.3, 0.4) is 0 Å².